The minimum atomic E-state index is -1.06. The number of rotatable bonds is 7. The summed E-state index contributed by atoms with van der Waals surface area (Å²) in [7, 11) is 0. The Balaban J connectivity index is 2.03. The number of hydrogen-bond acceptors (Lipinski definition) is 5. The van der Waals surface area contributed by atoms with Crippen LogP contribution in [0.4, 0.5) is 13.8 Å². The number of ether oxygens (including phenoxy) is 2. The highest BCUT2D eigenvalue weighted by Gasteiger charge is 2.19. The van der Waals surface area contributed by atoms with Crippen LogP contribution >= 0.6 is 11.3 Å². The van der Waals surface area contributed by atoms with E-state index in [0.29, 0.717) is 11.4 Å². The highest BCUT2D eigenvalue weighted by Crippen LogP contribution is 2.29. The molecule has 2 aromatic rings. The van der Waals surface area contributed by atoms with Gasteiger partial charge in [0.2, 0.25) is 0 Å². The summed E-state index contributed by atoms with van der Waals surface area (Å²) >= 11 is 1.27. The number of nitrogens with one attached hydrogen (secondary N) is 1. The van der Waals surface area contributed by atoms with Crippen LogP contribution < -0.4 is 10.1 Å². The number of anilines is 1. The van der Waals surface area contributed by atoms with Crippen LogP contribution in [0.2, 0.25) is 0 Å². The molecule has 25 heavy (non-hydrogen) atoms. The molecule has 0 spiro atoms. The van der Waals surface area contributed by atoms with Crippen LogP contribution in [0.5, 0.6) is 5.75 Å². The third-order valence-electron chi connectivity index (χ3n) is 3.14. The SMILES string of the molecule is CCOC(=O)c1cc(CC)sc1NC(=O)COc1ccc(F)c(F)c1. The first-order valence-electron chi connectivity index (χ1n) is 7.62. The molecule has 0 aliphatic heterocycles. The molecule has 1 aromatic heterocycles. The van der Waals surface area contributed by atoms with Crippen LogP contribution in [0.25, 0.3) is 0 Å². The Labute approximate surface area is 147 Å². The van der Waals surface area contributed by atoms with E-state index in [1.807, 2.05) is 6.92 Å². The Morgan fingerprint density at radius 3 is 2.56 bits per heavy atom. The summed E-state index contributed by atoms with van der Waals surface area (Å²) in [6.45, 7) is 3.44. The maximum atomic E-state index is 13.1. The van der Waals surface area contributed by atoms with E-state index < -0.39 is 30.1 Å². The van der Waals surface area contributed by atoms with Gasteiger partial charge in [-0.3, -0.25) is 4.79 Å². The minimum Gasteiger partial charge on any atom is -0.484 e. The summed E-state index contributed by atoms with van der Waals surface area (Å²) in [5.74, 6) is -3.08. The largest absolute Gasteiger partial charge is 0.484 e. The monoisotopic (exact) mass is 369 g/mol. The van der Waals surface area contributed by atoms with E-state index in [1.165, 1.54) is 17.4 Å². The molecule has 0 saturated heterocycles. The van der Waals surface area contributed by atoms with Crippen molar-refractivity contribution < 1.29 is 27.8 Å². The van der Waals surface area contributed by atoms with Crippen LogP contribution in [0, 0.1) is 11.6 Å². The van der Waals surface area contributed by atoms with E-state index >= 15 is 0 Å². The van der Waals surface area contributed by atoms with Crippen molar-refractivity contribution >= 4 is 28.2 Å². The van der Waals surface area contributed by atoms with Gasteiger partial charge in [0.05, 0.1) is 12.2 Å². The summed E-state index contributed by atoms with van der Waals surface area (Å²) in [5.41, 5.74) is 0.282. The average molecular weight is 369 g/mol. The summed E-state index contributed by atoms with van der Waals surface area (Å²) in [6, 6.07) is 4.66. The van der Waals surface area contributed by atoms with Crippen molar-refractivity contribution in [2.75, 3.05) is 18.5 Å². The van der Waals surface area contributed by atoms with E-state index in [-0.39, 0.29) is 17.9 Å². The lowest BCUT2D eigenvalue weighted by Gasteiger charge is -2.08. The van der Waals surface area contributed by atoms with Gasteiger partial charge in [0.15, 0.2) is 18.2 Å². The fourth-order valence-corrected chi connectivity index (χ4v) is 2.95. The number of carbonyl (C=O) groups excluding carboxylic acids is 2. The van der Waals surface area contributed by atoms with Crippen LogP contribution in [0.3, 0.4) is 0 Å². The van der Waals surface area contributed by atoms with Gasteiger partial charge < -0.3 is 14.8 Å². The maximum absolute atomic E-state index is 13.1. The molecule has 1 aromatic carbocycles. The molecule has 0 fully saturated rings. The molecule has 1 N–H and O–H groups in total. The predicted octanol–water partition coefficient (Wildman–Crippen LogP) is 3.78. The van der Waals surface area contributed by atoms with E-state index in [4.69, 9.17) is 9.47 Å². The van der Waals surface area contributed by atoms with Crippen molar-refractivity contribution in [1.29, 1.82) is 0 Å². The molecule has 0 radical (unpaired) electrons. The number of carbonyl (C=O) groups is 2. The normalized spacial score (nSPS) is 10.4. The lowest BCUT2D eigenvalue weighted by molar-refractivity contribution is -0.118. The maximum Gasteiger partial charge on any atom is 0.341 e. The first-order chi connectivity index (χ1) is 11.9. The van der Waals surface area contributed by atoms with Gasteiger partial charge in [-0.1, -0.05) is 6.92 Å². The Morgan fingerprint density at radius 2 is 1.92 bits per heavy atom. The lowest BCUT2D eigenvalue weighted by Crippen LogP contribution is -2.21. The first-order valence-corrected chi connectivity index (χ1v) is 8.43. The van der Waals surface area contributed by atoms with E-state index in [0.717, 1.165) is 17.0 Å². The zero-order chi connectivity index (χ0) is 18.4. The topological polar surface area (TPSA) is 64.6 Å². The third kappa shape index (κ3) is 4.99. The molecule has 5 nitrogen and oxygen atoms in total. The van der Waals surface area contributed by atoms with E-state index in [9.17, 15) is 18.4 Å². The molecule has 0 atom stereocenters. The molecule has 0 aliphatic rings. The molecule has 0 bridgehead atoms. The van der Waals surface area contributed by atoms with Gasteiger partial charge in [-0.15, -0.1) is 11.3 Å². The highest BCUT2D eigenvalue weighted by atomic mass is 32.1. The number of amides is 1. The number of halogens is 2. The number of thiophene rings is 1. The average Bonchev–Trinajstić information content (AvgIpc) is 2.99. The summed E-state index contributed by atoms with van der Waals surface area (Å²) < 4.78 is 36.0. The second-order valence-electron chi connectivity index (χ2n) is 4.94. The predicted molar refractivity (Wildman–Crippen MR) is 90.1 cm³/mol. The van der Waals surface area contributed by atoms with Crippen molar-refractivity contribution in [3.63, 3.8) is 0 Å². The van der Waals surface area contributed by atoms with Crippen LogP contribution in [-0.4, -0.2) is 25.1 Å². The Hall–Kier alpha value is -2.48. The molecular formula is C17H17F2NO4S. The molecular weight excluding hydrogens is 352 g/mol. The molecule has 0 aliphatic carbocycles. The number of benzene rings is 1. The zero-order valence-corrected chi connectivity index (χ0v) is 14.5. The fourth-order valence-electron chi connectivity index (χ4n) is 1.95. The Kier molecular flexibility index (Phi) is 6.46. The first kappa shape index (κ1) is 18.9. The van der Waals surface area contributed by atoms with Crippen LogP contribution in [-0.2, 0) is 16.0 Å². The standard InChI is InChI=1S/C17H17F2NO4S/c1-3-11-8-12(17(22)23-4-2)16(25-11)20-15(21)9-24-10-5-6-13(18)14(19)7-10/h5-8H,3-4,9H2,1-2H3,(H,20,21). The van der Waals surface area contributed by atoms with Gasteiger partial charge in [0.1, 0.15) is 10.8 Å². The number of hydrogen-bond donors (Lipinski definition) is 1. The number of aryl methyl sites for hydroxylation is 1. The van der Waals surface area contributed by atoms with Crippen molar-refractivity contribution in [3.05, 3.63) is 46.3 Å². The second kappa shape index (κ2) is 8.57. The number of esters is 1. The van der Waals surface area contributed by atoms with Crippen molar-refractivity contribution in [1.82, 2.24) is 0 Å². The molecule has 0 unspecified atom stereocenters. The Bertz CT molecular complexity index is 776. The van der Waals surface area contributed by atoms with Crippen LogP contribution in [0.1, 0.15) is 29.1 Å². The minimum absolute atomic E-state index is 0.0279. The molecule has 1 heterocycles. The van der Waals surface area contributed by atoms with Gasteiger partial charge in [-0.2, -0.15) is 0 Å². The quantitative estimate of drug-likeness (QED) is 0.755. The van der Waals surface area contributed by atoms with Crippen molar-refractivity contribution in [2.45, 2.75) is 20.3 Å². The smallest absolute Gasteiger partial charge is 0.341 e. The zero-order valence-electron chi connectivity index (χ0n) is 13.7. The van der Waals surface area contributed by atoms with Crippen molar-refractivity contribution in [3.8, 4) is 5.75 Å². The summed E-state index contributed by atoms with van der Waals surface area (Å²) in [5, 5.41) is 2.96. The van der Waals surface area contributed by atoms with Gasteiger partial charge in [0, 0.05) is 10.9 Å². The second-order valence-corrected chi connectivity index (χ2v) is 6.08. The van der Waals surface area contributed by atoms with E-state index in [1.54, 1.807) is 13.0 Å². The molecule has 2 rings (SSSR count). The lowest BCUT2D eigenvalue weighted by atomic mass is 10.2. The third-order valence-corrected chi connectivity index (χ3v) is 4.34. The van der Waals surface area contributed by atoms with Gasteiger partial charge >= 0.3 is 5.97 Å². The van der Waals surface area contributed by atoms with Gasteiger partial charge in [-0.05, 0) is 31.5 Å². The Morgan fingerprint density at radius 1 is 1.16 bits per heavy atom. The molecule has 8 heteroatoms. The van der Waals surface area contributed by atoms with Gasteiger partial charge in [-0.25, -0.2) is 13.6 Å². The van der Waals surface area contributed by atoms with Crippen LogP contribution in [0.15, 0.2) is 24.3 Å². The fraction of sp³-hybridized carbons (Fsp3) is 0.294. The molecule has 0 saturated carbocycles. The van der Waals surface area contributed by atoms with Crippen molar-refractivity contribution in [2.24, 2.45) is 0 Å². The highest BCUT2D eigenvalue weighted by molar-refractivity contribution is 7.16. The summed E-state index contributed by atoms with van der Waals surface area (Å²) in [6.07, 6.45) is 0.707. The van der Waals surface area contributed by atoms with Gasteiger partial charge in [0.25, 0.3) is 5.91 Å². The van der Waals surface area contributed by atoms with E-state index in [2.05, 4.69) is 5.32 Å². The molecule has 1 amide bonds. The molecule has 134 valence electrons. The summed E-state index contributed by atoms with van der Waals surface area (Å²) in [4.78, 5) is 24.9.